The molecular weight excluding hydrogens is 446 g/mol. The van der Waals surface area contributed by atoms with Crippen molar-refractivity contribution in [3.8, 4) is 5.69 Å². The van der Waals surface area contributed by atoms with E-state index in [0.29, 0.717) is 11.1 Å². The Balaban J connectivity index is 1.45. The lowest BCUT2D eigenvalue weighted by Crippen LogP contribution is -2.43. The summed E-state index contributed by atoms with van der Waals surface area (Å²) < 4.78 is 2.19. The van der Waals surface area contributed by atoms with Crippen LogP contribution in [0.1, 0.15) is 28.1 Å². The van der Waals surface area contributed by atoms with Crippen LogP contribution in [0.4, 0.5) is 0 Å². The number of aromatic nitrogens is 1. The summed E-state index contributed by atoms with van der Waals surface area (Å²) in [5, 5.41) is 18.1. The highest BCUT2D eigenvalue weighted by Crippen LogP contribution is 2.30. The number of hydrogen-bond donors (Lipinski definition) is 2. The van der Waals surface area contributed by atoms with Gasteiger partial charge in [-0.05, 0) is 42.5 Å². The summed E-state index contributed by atoms with van der Waals surface area (Å²) in [4.78, 5) is 13.3. The average Bonchev–Trinajstić information content (AvgIpc) is 3.21. The zero-order valence-corrected chi connectivity index (χ0v) is 20.2. The second-order valence-corrected chi connectivity index (χ2v) is 8.80. The Bertz CT molecular complexity index is 1510. The SMILES string of the molecule is Cc1cc(/C=N/NC(=O)C(O)(c2ccccc2)c2ccccc2)c(C)n1-c1cccc2ccccc12. The molecule has 0 bridgehead atoms. The van der Waals surface area contributed by atoms with Crippen molar-refractivity contribution in [3.63, 3.8) is 0 Å². The number of nitrogens with zero attached hydrogens (tertiary/aromatic N) is 2. The summed E-state index contributed by atoms with van der Waals surface area (Å²) in [6, 6.07) is 34.4. The van der Waals surface area contributed by atoms with Crippen LogP contribution < -0.4 is 5.43 Å². The van der Waals surface area contributed by atoms with Gasteiger partial charge in [-0.15, -0.1) is 0 Å². The second-order valence-electron chi connectivity index (χ2n) is 8.80. The fourth-order valence-corrected chi connectivity index (χ4v) is 4.72. The highest BCUT2D eigenvalue weighted by Gasteiger charge is 2.39. The highest BCUT2D eigenvalue weighted by molar-refractivity contribution is 5.93. The molecule has 1 amide bonds. The van der Waals surface area contributed by atoms with Gasteiger partial charge in [0.1, 0.15) is 0 Å². The van der Waals surface area contributed by atoms with Gasteiger partial charge in [0, 0.05) is 22.3 Å². The number of nitrogens with one attached hydrogen (secondary N) is 1. The Kier molecular flexibility index (Phi) is 6.23. The van der Waals surface area contributed by atoms with Gasteiger partial charge in [-0.1, -0.05) is 97.1 Å². The normalized spacial score (nSPS) is 11.8. The lowest BCUT2D eigenvalue weighted by molar-refractivity contribution is -0.136. The maximum atomic E-state index is 13.3. The minimum absolute atomic E-state index is 0.470. The van der Waals surface area contributed by atoms with E-state index in [0.717, 1.165) is 28.0 Å². The number of carbonyl (C=O) groups excluding carboxylic acids is 1. The molecule has 0 saturated carbocycles. The summed E-state index contributed by atoms with van der Waals surface area (Å²) in [7, 11) is 0. The zero-order valence-electron chi connectivity index (χ0n) is 20.2. The zero-order chi connectivity index (χ0) is 25.1. The Labute approximate surface area is 210 Å². The van der Waals surface area contributed by atoms with Crippen molar-refractivity contribution < 1.29 is 9.90 Å². The lowest BCUT2D eigenvalue weighted by Gasteiger charge is -2.27. The molecule has 5 aromatic rings. The van der Waals surface area contributed by atoms with Crippen molar-refractivity contribution in [3.05, 3.63) is 137 Å². The third kappa shape index (κ3) is 4.10. The Hall–Kier alpha value is -4.48. The topological polar surface area (TPSA) is 66.6 Å². The standard InChI is InChI=1S/C31H27N3O2/c1-22-20-25(23(2)34(22)29-19-11-13-24-12-9-10-18-28(24)29)21-32-33-30(35)31(36,26-14-5-3-6-15-26)27-16-7-4-8-17-27/h3-21,36H,1-2H3,(H,33,35)/b32-21+. The molecule has 5 nitrogen and oxygen atoms in total. The Morgan fingerprint density at radius 1 is 0.833 bits per heavy atom. The number of amides is 1. The molecule has 36 heavy (non-hydrogen) atoms. The molecule has 0 unspecified atom stereocenters. The van der Waals surface area contributed by atoms with Crippen LogP contribution in [0.15, 0.2) is 114 Å². The van der Waals surface area contributed by atoms with E-state index in [-0.39, 0.29) is 0 Å². The molecule has 2 N–H and O–H groups in total. The van der Waals surface area contributed by atoms with Gasteiger partial charge in [0.2, 0.25) is 0 Å². The fourth-order valence-electron chi connectivity index (χ4n) is 4.72. The summed E-state index contributed by atoms with van der Waals surface area (Å²) in [5.74, 6) is -0.626. The third-order valence-electron chi connectivity index (χ3n) is 6.56. The van der Waals surface area contributed by atoms with Gasteiger partial charge in [0.15, 0.2) is 5.60 Å². The first-order valence-electron chi connectivity index (χ1n) is 11.8. The van der Waals surface area contributed by atoms with Gasteiger partial charge < -0.3 is 9.67 Å². The van der Waals surface area contributed by atoms with Crippen LogP contribution in [-0.2, 0) is 10.4 Å². The molecule has 1 heterocycles. The first kappa shape index (κ1) is 23.3. The van der Waals surface area contributed by atoms with Crippen molar-refractivity contribution >= 4 is 22.9 Å². The molecule has 0 aliphatic heterocycles. The minimum atomic E-state index is -1.88. The van der Waals surface area contributed by atoms with E-state index < -0.39 is 11.5 Å². The van der Waals surface area contributed by atoms with Gasteiger partial charge in [-0.3, -0.25) is 4.79 Å². The van der Waals surface area contributed by atoms with Crippen LogP contribution in [0.3, 0.4) is 0 Å². The summed E-state index contributed by atoms with van der Waals surface area (Å²) in [5.41, 5.74) is 5.66. The summed E-state index contributed by atoms with van der Waals surface area (Å²) in [6.45, 7) is 4.08. The molecule has 5 rings (SSSR count). The van der Waals surface area contributed by atoms with E-state index in [2.05, 4.69) is 45.4 Å². The van der Waals surface area contributed by atoms with Crippen LogP contribution in [0.25, 0.3) is 16.5 Å². The molecule has 0 fully saturated rings. The Morgan fingerprint density at radius 2 is 1.42 bits per heavy atom. The maximum Gasteiger partial charge on any atom is 0.281 e. The second kappa shape index (κ2) is 9.64. The molecule has 0 aliphatic rings. The molecule has 5 heteroatoms. The van der Waals surface area contributed by atoms with E-state index in [4.69, 9.17) is 0 Å². The van der Waals surface area contributed by atoms with Crippen molar-refractivity contribution in [2.75, 3.05) is 0 Å². The van der Waals surface area contributed by atoms with Crippen molar-refractivity contribution in [2.45, 2.75) is 19.4 Å². The average molecular weight is 474 g/mol. The molecule has 0 saturated heterocycles. The van der Waals surface area contributed by atoms with Crippen molar-refractivity contribution in [2.24, 2.45) is 5.10 Å². The predicted molar refractivity (Wildman–Crippen MR) is 144 cm³/mol. The molecular formula is C31H27N3O2. The smallest absolute Gasteiger partial charge is 0.281 e. The number of aliphatic hydroxyl groups is 1. The number of fused-ring (bicyclic) bond motifs is 1. The molecule has 1 aromatic heterocycles. The number of carbonyl (C=O) groups is 1. The van der Waals surface area contributed by atoms with Gasteiger partial charge >= 0.3 is 0 Å². The third-order valence-corrected chi connectivity index (χ3v) is 6.56. The van der Waals surface area contributed by atoms with Crippen LogP contribution in [-0.4, -0.2) is 21.8 Å². The molecule has 0 spiro atoms. The van der Waals surface area contributed by atoms with Gasteiger partial charge in [0.25, 0.3) is 5.91 Å². The molecule has 4 aromatic carbocycles. The van der Waals surface area contributed by atoms with E-state index in [1.165, 1.54) is 5.39 Å². The molecule has 0 aliphatic carbocycles. The van der Waals surface area contributed by atoms with Crippen LogP contribution >= 0.6 is 0 Å². The summed E-state index contributed by atoms with van der Waals surface area (Å²) >= 11 is 0. The van der Waals surface area contributed by atoms with E-state index in [9.17, 15) is 9.90 Å². The van der Waals surface area contributed by atoms with Crippen LogP contribution in [0, 0.1) is 13.8 Å². The maximum absolute atomic E-state index is 13.3. The predicted octanol–water partition coefficient (Wildman–Crippen LogP) is 5.63. The number of rotatable bonds is 6. The number of hydrazone groups is 1. The molecule has 0 atom stereocenters. The van der Waals surface area contributed by atoms with E-state index in [1.807, 2.05) is 44.2 Å². The van der Waals surface area contributed by atoms with E-state index in [1.54, 1.807) is 54.7 Å². The largest absolute Gasteiger partial charge is 0.372 e. The van der Waals surface area contributed by atoms with Gasteiger partial charge in [0.05, 0.1) is 11.9 Å². The Morgan fingerprint density at radius 3 is 2.08 bits per heavy atom. The number of benzene rings is 4. The first-order valence-corrected chi connectivity index (χ1v) is 11.8. The molecule has 0 radical (unpaired) electrons. The van der Waals surface area contributed by atoms with Crippen molar-refractivity contribution in [1.82, 2.24) is 9.99 Å². The first-order chi connectivity index (χ1) is 17.5. The van der Waals surface area contributed by atoms with Crippen molar-refractivity contribution in [1.29, 1.82) is 0 Å². The van der Waals surface area contributed by atoms with Gasteiger partial charge in [-0.25, -0.2) is 5.43 Å². The van der Waals surface area contributed by atoms with Crippen LogP contribution in [0.5, 0.6) is 0 Å². The number of aryl methyl sites for hydroxylation is 1. The molecule has 178 valence electrons. The quantitative estimate of drug-likeness (QED) is 0.248. The minimum Gasteiger partial charge on any atom is -0.372 e. The monoisotopic (exact) mass is 473 g/mol. The number of hydrogen-bond acceptors (Lipinski definition) is 3. The summed E-state index contributed by atoms with van der Waals surface area (Å²) in [6.07, 6.45) is 1.62. The van der Waals surface area contributed by atoms with Crippen LogP contribution in [0.2, 0.25) is 0 Å². The van der Waals surface area contributed by atoms with E-state index >= 15 is 0 Å². The fraction of sp³-hybridized carbons (Fsp3) is 0.0968. The van der Waals surface area contributed by atoms with Gasteiger partial charge in [-0.2, -0.15) is 5.10 Å². The highest BCUT2D eigenvalue weighted by atomic mass is 16.3. The lowest BCUT2D eigenvalue weighted by atomic mass is 9.85.